The lowest BCUT2D eigenvalue weighted by molar-refractivity contribution is 0.0923. The highest BCUT2D eigenvalue weighted by molar-refractivity contribution is 7.80. The van der Waals surface area contributed by atoms with Gasteiger partial charge in [-0.3, -0.25) is 4.79 Å². The van der Waals surface area contributed by atoms with Crippen molar-refractivity contribution in [2.24, 2.45) is 5.73 Å². The zero-order valence-corrected chi connectivity index (χ0v) is 10.5. The van der Waals surface area contributed by atoms with Crippen molar-refractivity contribution in [1.82, 2.24) is 5.32 Å². The van der Waals surface area contributed by atoms with Crippen molar-refractivity contribution in [2.75, 3.05) is 0 Å². The van der Waals surface area contributed by atoms with Gasteiger partial charge in [-0.15, -0.1) is 0 Å². The molecule has 0 aromatic heterocycles. The van der Waals surface area contributed by atoms with Gasteiger partial charge in [0.2, 0.25) is 0 Å². The van der Waals surface area contributed by atoms with Gasteiger partial charge in [0.1, 0.15) is 23.0 Å². The molecule has 1 aromatic carbocycles. The number of rotatable bonds is 3. The van der Waals surface area contributed by atoms with Crippen molar-refractivity contribution in [3.63, 3.8) is 0 Å². The monoisotopic (exact) mass is 276 g/mol. The second kappa shape index (κ2) is 4.93. The zero-order valence-electron chi connectivity index (χ0n) is 9.68. The third-order valence-corrected chi connectivity index (χ3v) is 2.79. The van der Waals surface area contributed by atoms with E-state index in [2.05, 4.69) is 5.32 Å². The molecular formula is C11H11F3N2OS. The van der Waals surface area contributed by atoms with Crippen molar-refractivity contribution >= 4 is 23.1 Å². The van der Waals surface area contributed by atoms with Crippen molar-refractivity contribution in [3.05, 3.63) is 35.1 Å². The lowest BCUT2D eigenvalue weighted by atomic mass is 10.0. The largest absolute Gasteiger partial charge is 0.391 e. The zero-order chi connectivity index (χ0) is 14.1. The van der Waals surface area contributed by atoms with E-state index in [9.17, 15) is 18.0 Å². The minimum atomic E-state index is -1.29. The number of nitrogens with two attached hydrogens (primary N) is 1. The molecule has 0 fully saturated rings. The molecule has 0 aliphatic heterocycles. The molecule has 18 heavy (non-hydrogen) atoms. The smallest absolute Gasteiger partial charge is 0.258 e. The maximum atomic E-state index is 13.3. The minimum Gasteiger partial charge on any atom is -0.391 e. The van der Waals surface area contributed by atoms with E-state index in [0.29, 0.717) is 12.1 Å². The van der Waals surface area contributed by atoms with Gasteiger partial charge in [-0.1, -0.05) is 12.2 Å². The second-order valence-corrected chi connectivity index (χ2v) is 4.63. The molecule has 1 aromatic rings. The molecule has 3 nitrogen and oxygen atoms in total. The van der Waals surface area contributed by atoms with Crippen LogP contribution >= 0.6 is 12.2 Å². The number of carbonyl (C=O) groups excluding carboxylic acids is 1. The van der Waals surface area contributed by atoms with E-state index in [1.807, 2.05) is 0 Å². The molecule has 3 N–H and O–H groups in total. The van der Waals surface area contributed by atoms with Crippen LogP contribution in [-0.4, -0.2) is 16.4 Å². The van der Waals surface area contributed by atoms with Crippen LogP contribution in [0.2, 0.25) is 0 Å². The summed E-state index contributed by atoms with van der Waals surface area (Å²) in [6.45, 7) is 2.96. The predicted octanol–water partition coefficient (Wildman–Crippen LogP) is 1.90. The first-order chi connectivity index (χ1) is 8.15. The number of thiocarbonyl (C=S) groups is 1. The topological polar surface area (TPSA) is 55.1 Å². The highest BCUT2D eigenvalue weighted by atomic mass is 32.1. The maximum absolute atomic E-state index is 13.3. The van der Waals surface area contributed by atoms with Crippen molar-refractivity contribution in [1.29, 1.82) is 0 Å². The average Bonchev–Trinajstić information content (AvgIpc) is 2.13. The first-order valence-electron chi connectivity index (χ1n) is 4.92. The van der Waals surface area contributed by atoms with E-state index >= 15 is 0 Å². The Balaban J connectivity index is 3.10. The molecule has 7 heteroatoms. The van der Waals surface area contributed by atoms with Crippen LogP contribution < -0.4 is 11.1 Å². The Labute approximate surface area is 107 Å². The van der Waals surface area contributed by atoms with Crippen LogP contribution in [0.25, 0.3) is 0 Å². The normalized spacial score (nSPS) is 11.2. The lowest BCUT2D eigenvalue weighted by Gasteiger charge is -2.24. The maximum Gasteiger partial charge on any atom is 0.258 e. The van der Waals surface area contributed by atoms with E-state index in [1.54, 1.807) is 0 Å². The molecule has 0 saturated carbocycles. The lowest BCUT2D eigenvalue weighted by Crippen LogP contribution is -2.52. The standard InChI is InChI=1S/C11H11F3N2OS/c1-11(2,10(15)18)16-9(17)8-6(13)3-5(12)4-7(8)14/h3-4H,1-2H3,(H2,15,18)(H,16,17). The van der Waals surface area contributed by atoms with Crippen LogP contribution in [0.15, 0.2) is 12.1 Å². The van der Waals surface area contributed by atoms with Crippen LogP contribution in [0.5, 0.6) is 0 Å². The Morgan fingerprint density at radius 1 is 1.28 bits per heavy atom. The number of hydrogen-bond acceptors (Lipinski definition) is 2. The van der Waals surface area contributed by atoms with Crippen LogP contribution in [0.3, 0.4) is 0 Å². The number of amides is 1. The third-order valence-electron chi connectivity index (χ3n) is 2.28. The summed E-state index contributed by atoms with van der Waals surface area (Å²) in [7, 11) is 0. The molecule has 1 amide bonds. The predicted molar refractivity (Wildman–Crippen MR) is 64.6 cm³/mol. The first kappa shape index (κ1) is 14.4. The molecule has 0 unspecified atom stereocenters. The van der Waals surface area contributed by atoms with Gasteiger partial charge in [0.15, 0.2) is 0 Å². The van der Waals surface area contributed by atoms with Gasteiger partial charge >= 0.3 is 0 Å². The van der Waals surface area contributed by atoms with Gasteiger partial charge in [0.05, 0.1) is 10.5 Å². The molecule has 98 valence electrons. The highest BCUT2D eigenvalue weighted by Crippen LogP contribution is 2.16. The summed E-state index contributed by atoms with van der Waals surface area (Å²) in [5.41, 5.74) is 3.38. The summed E-state index contributed by atoms with van der Waals surface area (Å²) in [5, 5.41) is 2.27. The molecular weight excluding hydrogens is 265 g/mol. The summed E-state index contributed by atoms with van der Waals surface area (Å²) in [5.74, 6) is -4.73. The quantitative estimate of drug-likeness (QED) is 0.829. The van der Waals surface area contributed by atoms with E-state index in [0.717, 1.165) is 0 Å². The van der Waals surface area contributed by atoms with Crippen molar-refractivity contribution in [2.45, 2.75) is 19.4 Å². The first-order valence-corrected chi connectivity index (χ1v) is 5.33. The molecule has 0 aliphatic rings. The Bertz CT molecular complexity index is 494. The third kappa shape index (κ3) is 2.98. The van der Waals surface area contributed by atoms with E-state index in [1.165, 1.54) is 13.8 Å². The van der Waals surface area contributed by atoms with Crippen LogP contribution in [0.1, 0.15) is 24.2 Å². The van der Waals surface area contributed by atoms with E-state index in [-0.39, 0.29) is 4.99 Å². The number of nitrogens with one attached hydrogen (secondary N) is 1. The fraction of sp³-hybridized carbons (Fsp3) is 0.273. The van der Waals surface area contributed by atoms with Crippen molar-refractivity contribution < 1.29 is 18.0 Å². The SMILES string of the molecule is CC(C)(NC(=O)c1c(F)cc(F)cc1F)C(N)=S. The fourth-order valence-electron chi connectivity index (χ4n) is 1.17. The van der Waals surface area contributed by atoms with Gasteiger partial charge in [0.25, 0.3) is 5.91 Å². The Kier molecular flexibility index (Phi) is 3.95. The van der Waals surface area contributed by atoms with E-state index < -0.39 is 34.5 Å². The minimum absolute atomic E-state index is 0.0428. The summed E-state index contributed by atoms with van der Waals surface area (Å²) in [4.78, 5) is 11.6. The highest BCUT2D eigenvalue weighted by Gasteiger charge is 2.27. The fourth-order valence-corrected chi connectivity index (χ4v) is 1.22. The molecule has 0 spiro atoms. The Hall–Kier alpha value is -1.63. The second-order valence-electron chi connectivity index (χ2n) is 4.19. The molecule has 1 rings (SSSR count). The molecule has 0 heterocycles. The summed E-state index contributed by atoms with van der Waals surface area (Å²) in [6, 6.07) is 0.845. The molecule has 0 radical (unpaired) electrons. The molecule has 0 atom stereocenters. The van der Waals surface area contributed by atoms with Gasteiger partial charge in [-0.25, -0.2) is 13.2 Å². The molecule has 0 aliphatic carbocycles. The Morgan fingerprint density at radius 2 is 1.72 bits per heavy atom. The van der Waals surface area contributed by atoms with Crippen LogP contribution in [0.4, 0.5) is 13.2 Å². The average molecular weight is 276 g/mol. The summed E-state index contributed by atoms with van der Waals surface area (Å²) in [6.07, 6.45) is 0. The summed E-state index contributed by atoms with van der Waals surface area (Å²) >= 11 is 4.70. The molecule has 0 saturated heterocycles. The Morgan fingerprint density at radius 3 is 2.11 bits per heavy atom. The number of hydrogen-bond donors (Lipinski definition) is 2. The summed E-state index contributed by atoms with van der Waals surface area (Å²) < 4.78 is 39.4. The van der Waals surface area contributed by atoms with Gasteiger partial charge < -0.3 is 11.1 Å². The van der Waals surface area contributed by atoms with Crippen LogP contribution in [-0.2, 0) is 0 Å². The van der Waals surface area contributed by atoms with Gasteiger partial charge in [-0.05, 0) is 13.8 Å². The number of carbonyl (C=O) groups is 1. The van der Waals surface area contributed by atoms with Crippen LogP contribution in [0, 0.1) is 17.5 Å². The number of benzene rings is 1. The van der Waals surface area contributed by atoms with Gasteiger partial charge in [0, 0.05) is 12.1 Å². The number of halogens is 3. The van der Waals surface area contributed by atoms with E-state index in [4.69, 9.17) is 18.0 Å². The van der Waals surface area contributed by atoms with Gasteiger partial charge in [-0.2, -0.15) is 0 Å². The van der Waals surface area contributed by atoms with Crippen molar-refractivity contribution in [3.8, 4) is 0 Å². The molecule has 0 bridgehead atoms.